The summed E-state index contributed by atoms with van der Waals surface area (Å²) in [5.74, 6) is -0.415. The second-order valence-electron chi connectivity index (χ2n) is 5.01. The normalized spacial score (nSPS) is 11.8. The zero-order valence-corrected chi connectivity index (χ0v) is 12.2. The summed E-state index contributed by atoms with van der Waals surface area (Å²) in [6.45, 7) is 0. The predicted octanol–water partition coefficient (Wildman–Crippen LogP) is 2.30. The summed E-state index contributed by atoms with van der Waals surface area (Å²) in [5, 5.41) is 11.9. The number of aromatic amines is 1. The van der Waals surface area contributed by atoms with Gasteiger partial charge in [0.2, 0.25) is 0 Å². The van der Waals surface area contributed by atoms with Crippen LogP contribution in [0.1, 0.15) is 11.7 Å². The van der Waals surface area contributed by atoms with E-state index in [1.165, 1.54) is 0 Å². The number of carbonyl (C=O) groups excluding carboxylic acids is 1. The zero-order valence-electron chi connectivity index (χ0n) is 12.2. The Balaban J connectivity index is 1.94. The molecule has 0 aliphatic heterocycles. The minimum Gasteiger partial charge on any atom is -0.425 e. The molecular weight excluding hydrogens is 292 g/mol. The summed E-state index contributed by atoms with van der Waals surface area (Å²) in [5.41, 5.74) is 6.03. The molecule has 0 aliphatic carbocycles. The van der Waals surface area contributed by atoms with Gasteiger partial charge in [0.25, 0.3) is 0 Å². The first-order valence-corrected chi connectivity index (χ1v) is 7.08. The molecule has 5 N–H and O–H groups in total. The lowest BCUT2D eigenvalue weighted by atomic mass is 10.1. The lowest BCUT2D eigenvalue weighted by Gasteiger charge is -2.17. The molecule has 2 aromatic carbocycles. The van der Waals surface area contributed by atoms with Crippen LogP contribution in [0.5, 0.6) is 5.75 Å². The van der Waals surface area contributed by atoms with E-state index >= 15 is 0 Å². The maximum absolute atomic E-state index is 12.5. The molecule has 0 aliphatic rings. The van der Waals surface area contributed by atoms with Crippen LogP contribution in [-0.4, -0.2) is 16.9 Å². The standard InChI is InChI=1S/C17H16N4O2/c18-17(19)21-15(16(22)23-12-7-2-1-3-8-12)14-13-9-5-4-6-11(13)10-20-14/h1-10,15,20H,(H4,18,19,21). The Kier molecular flexibility index (Phi) is 3.97. The predicted molar refractivity (Wildman–Crippen MR) is 88.2 cm³/mol. The molecule has 1 atom stereocenters. The van der Waals surface area contributed by atoms with E-state index < -0.39 is 12.0 Å². The average molecular weight is 308 g/mol. The molecule has 1 heterocycles. The number of para-hydroxylation sites is 1. The quantitative estimate of drug-likeness (QED) is 0.257. The average Bonchev–Trinajstić information content (AvgIpc) is 2.97. The number of guanidine groups is 1. The third-order valence-electron chi connectivity index (χ3n) is 3.42. The van der Waals surface area contributed by atoms with Gasteiger partial charge in [-0.3, -0.25) is 5.41 Å². The minimum absolute atomic E-state index is 0.307. The van der Waals surface area contributed by atoms with Crippen molar-refractivity contribution in [2.45, 2.75) is 6.04 Å². The van der Waals surface area contributed by atoms with E-state index in [2.05, 4.69) is 10.3 Å². The summed E-state index contributed by atoms with van der Waals surface area (Å²) in [7, 11) is 0. The number of H-pyrrole nitrogens is 1. The van der Waals surface area contributed by atoms with Crippen LogP contribution in [-0.2, 0) is 4.79 Å². The van der Waals surface area contributed by atoms with Crippen molar-refractivity contribution in [3.05, 3.63) is 66.5 Å². The Labute approximate surface area is 132 Å². The molecule has 6 nitrogen and oxygen atoms in total. The largest absolute Gasteiger partial charge is 0.425 e. The maximum atomic E-state index is 12.5. The molecule has 0 saturated carbocycles. The van der Waals surface area contributed by atoms with Crippen molar-refractivity contribution in [3.8, 4) is 5.75 Å². The number of carbonyl (C=O) groups is 1. The summed E-state index contributed by atoms with van der Waals surface area (Å²) in [4.78, 5) is 15.6. The lowest BCUT2D eigenvalue weighted by molar-refractivity contribution is -0.136. The van der Waals surface area contributed by atoms with Gasteiger partial charge in [-0.15, -0.1) is 0 Å². The van der Waals surface area contributed by atoms with E-state index in [0.29, 0.717) is 11.4 Å². The second kappa shape index (κ2) is 6.23. The molecule has 23 heavy (non-hydrogen) atoms. The van der Waals surface area contributed by atoms with Crippen LogP contribution in [0, 0.1) is 5.41 Å². The topological polar surface area (TPSA) is 104 Å². The summed E-state index contributed by atoms with van der Waals surface area (Å²) < 4.78 is 5.38. The number of aromatic nitrogens is 1. The van der Waals surface area contributed by atoms with E-state index in [4.69, 9.17) is 15.9 Å². The number of benzene rings is 2. The fourth-order valence-corrected chi connectivity index (χ4v) is 2.41. The first-order valence-electron chi connectivity index (χ1n) is 7.08. The van der Waals surface area contributed by atoms with Crippen LogP contribution in [0.15, 0.2) is 60.8 Å². The fourth-order valence-electron chi connectivity index (χ4n) is 2.41. The molecule has 0 fully saturated rings. The SMILES string of the molecule is N=C(N)NC(C(=O)Oc1ccccc1)c1[nH]cc2ccccc12. The number of nitrogens with one attached hydrogen (secondary N) is 3. The van der Waals surface area contributed by atoms with Gasteiger partial charge < -0.3 is 20.8 Å². The Bertz CT molecular complexity index is 842. The molecule has 0 bridgehead atoms. The summed E-state index contributed by atoms with van der Waals surface area (Å²) in [6.07, 6.45) is 1.80. The van der Waals surface area contributed by atoms with Crippen molar-refractivity contribution in [3.63, 3.8) is 0 Å². The highest BCUT2D eigenvalue weighted by Crippen LogP contribution is 2.25. The first kappa shape index (κ1) is 14.6. The fraction of sp³-hybridized carbons (Fsp3) is 0.0588. The van der Waals surface area contributed by atoms with E-state index in [1.807, 2.05) is 30.3 Å². The van der Waals surface area contributed by atoms with Crippen LogP contribution in [0.25, 0.3) is 10.8 Å². The van der Waals surface area contributed by atoms with E-state index in [-0.39, 0.29) is 5.96 Å². The van der Waals surface area contributed by atoms with Gasteiger partial charge in [0.1, 0.15) is 5.75 Å². The molecule has 1 aromatic heterocycles. The lowest BCUT2D eigenvalue weighted by Crippen LogP contribution is -2.40. The van der Waals surface area contributed by atoms with Crippen LogP contribution < -0.4 is 15.8 Å². The third kappa shape index (κ3) is 3.16. The second-order valence-corrected chi connectivity index (χ2v) is 5.01. The monoisotopic (exact) mass is 308 g/mol. The minimum atomic E-state index is -0.896. The molecule has 0 amide bonds. The van der Waals surface area contributed by atoms with Gasteiger partial charge in [-0.2, -0.15) is 0 Å². The molecule has 0 saturated heterocycles. The van der Waals surface area contributed by atoms with Crippen molar-refractivity contribution in [1.29, 1.82) is 5.41 Å². The van der Waals surface area contributed by atoms with E-state index in [0.717, 1.165) is 10.8 Å². The number of fused-ring (bicyclic) bond motifs is 1. The Hall–Kier alpha value is -3.28. The third-order valence-corrected chi connectivity index (χ3v) is 3.42. The van der Waals surface area contributed by atoms with Crippen molar-refractivity contribution in [2.24, 2.45) is 5.73 Å². The zero-order chi connectivity index (χ0) is 16.2. The summed E-state index contributed by atoms with van der Waals surface area (Å²) in [6, 6.07) is 15.5. The summed E-state index contributed by atoms with van der Waals surface area (Å²) >= 11 is 0. The highest BCUT2D eigenvalue weighted by molar-refractivity contribution is 5.93. The molecule has 116 valence electrons. The van der Waals surface area contributed by atoms with Gasteiger partial charge in [0.05, 0.1) is 5.69 Å². The number of esters is 1. The van der Waals surface area contributed by atoms with Gasteiger partial charge in [-0.25, -0.2) is 4.79 Å². The van der Waals surface area contributed by atoms with Gasteiger partial charge in [-0.05, 0) is 17.5 Å². The molecule has 6 heteroatoms. The number of hydrogen-bond donors (Lipinski definition) is 4. The Morgan fingerprint density at radius 2 is 1.83 bits per heavy atom. The van der Waals surface area contributed by atoms with Gasteiger partial charge >= 0.3 is 5.97 Å². The number of hydrogen-bond acceptors (Lipinski definition) is 3. The molecular formula is C17H16N4O2. The molecule has 3 rings (SSSR count). The van der Waals surface area contributed by atoms with Crippen LogP contribution >= 0.6 is 0 Å². The highest BCUT2D eigenvalue weighted by atomic mass is 16.5. The highest BCUT2D eigenvalue weighted by Gasteiger charge is 2.26. The number of ether oxygens (including phenoxy) is 1. The van der Waals surface area contributed by atoms with Crippen molar-refractivity contribution in [1.82, 2.24) is 10.3 Å². The van der Waals surface area contributed by atoms with Gasteiger partial charge in [0.15, 0.2) is 12.0 Å². The number of rotatable bonds is 4. The molecule has 1 unspecified atom stereocenters. The van der Waals surface area contributed by atoms with Gasteiger partial charge in [-0.1, -0.05) is 42.5 Å². The van der Waals surface area contributed by atoms with Gasteiger partial charge in [0, 0.05) is 11.6 Å². The van der Waals surface area contributed by atoms with Crippen molar-refractivity contribution in [2.75, 3.05) is 0 Å². The Morgan fingerprint density at radius 3 is 2.57 bits per heavy atom. The van der Waals surface area contributed by atoms with Crippen LogP contribution in [0.2, 0.25) is 0 Å². The van der Waals surface area contributed by atoms with Crippen LogP contribution in [0.3, 0.4) is 0 Å². The van der Waals surface area contributed by atoms with Crippen LogP contribution in [0.4, 0.5) is 0 Å². The molecule has 0 radical (unpaired) electrons. The van der Waals surface area contributed by atoms with E-state index in [1.54, 1.807) is 30.5 Å². The maximum Gasteiger partial charge on any atom is 0.340 e. The smallest absolute Gasteiger partial charge is 0.340 e. The molecule has 0 spiro atoms. The van der Waals surface area contributed by atoms with E-state index in [9.17, 15) is 4.79 Å². The number of nitrogens with two attached hydrogens (primary N) is 1. The first-order chi connectivity index (χ1) is 11.1. The molecule has 3 aromatic rings. The van der Waals surface area contributed by atoms with Crippen molar-refractivity contribution >= 4 is 22.7 Å². The Morgan fingerprint density at radius 1 is 1.13 bits per heavy atom. The van der Waals surface area contributed by atoms with Crippen molar-refractivity contribution < 1.29 is 9.53 Å².